The Labute approximate surface area is 186 Å². The van der Waals surface area contributed by atoms with E-state index in [9.17, 15) is 4.79 Å². The summed E-state index contributed by atoms with van der Waals surface area (Å²) in [5, 5.41) is 4.18. The first-order chi connectivity index (χ1) is 15.7. The van der Waals surface area contributed by atoms with Crippen LogP contribution in [0.15, 0.2) is 67.1 Å². The highest BCUT2D eigenvalue weighted by atomic mass is 16.7. The minimum absolute atomic E-state index is 0.0162. The monoisotopic (exact) mass is 427 g/mol. The number of pyridine rings is 1. The number of aryl methyl sites for hydroxylation is 1. The van der Waals surface area contributed by atoms with Crippen LogP contribution in [0.4, 0.5) is 0 Å². The topological polar surface area (TPSA) is 76.2 Å². The fraction of sp³-hybridized carbons (Fsp3) is 0.231. The molecule has 0 bridgehead atoms. The molecule has 0 spiro atoms. The number of amides is 1. The summed E-state index contributed by atoms with van der Waals surface area (Å²) in [4.78, 5) is 20.6. The summed E-state index contributed by atoms with van der Waals surface area (Å²) < 4.78 is 11.1. The lowest BCUT2D eigenvalue weighted by Gasteiger charge is -2.18. The Morgan fingerprint density at radius 3 is 2.91 bits per heavy atom. The quantitative estimate of drug-likeness (QED) is 0.449. The molecule has 6 nitrogen and oxygen atoms in total. The number of fused-ring (bicyclic) bond motifs is 2. The first kappa shape index (κ1) is 20.1. The van der Waals surface area contributed by atoms with E-state index in [1.54, 1.807) is 12.4 Å². The Bertz CT molecular complexity index is 1250. The van der Waals surface area contributed by atoms with E-state index in [0.29, 0.717) is 13.0 Å². The molecule has 0 aliphatic carbocycles. The van der Waals surface area contributed by atoms with Crippen molar-refractivity contribution in [2.45, 2.75) is 32.2 Å². The summed E-state index contributed by atoms with van der Waals surface area (Å²) in [5.41, 5.74) is 5.49. The Kier molecular flexibility index (Phi) is 5.50. The van der Waals surface area contributed by atoms with Crippen molar-refractivity contribution in [2.75, 3.05) is 6.79 Å². The zero-order valence-corrected chi connectivity index (χ0v) is 17.9. The minimum atomic E-state index is -0.126. The van der Waals surface area contributed by atoms with Crippen LogP contribution in [-0.2, 0) is 17.8 Å². The lowest BCUT2D eigenvalue weighted by molar-refractivity contribution is -0.121. The molecule has 1 unspecified atom stereocenters. The zero-order chi connectivity index (χ0) is 21.9. The van der Waals surface area contributed by atoms with E-state index in [0.717, 1.165) is 45.5 Å². The SMILES string of the molecule is CCc1cccc2c(C(CC(=O)NCc3cccnc3)c3ccc4c(c3)OCO4)c[nH]c12. The van der Waals surface area contributed by atoms with Crippen molar-refractivity contribution >= 4 is 16.8 Å². The van der Waals surface area contributed by atoms with Crippen LogP contribution in [0.2, 0.25) is 0 Å². The van der Waals surface area contributed by atoms with E-state index in [1.807, 2.05) is 36.5 Å². The molecule has 2 aromatic heterocycles. The van der Waals surface area contributed by atoms with Gasteiger partial charge in [-0.15, -0.1) is 0 Å². The van der Waals surface area contributed by atoms with Crippen LogP contribution in [0.3, 0.4) is 0 Å². The lowest BCUT2D eigenvalue weighted by Crippen LogP contribution is -2.25. The molecule has 1 atom stereocenters. The highest BCUT2D eigenvalue weighted by Crippen LogP contribution is 2.39. The minimum Gasteiger partial charge on any atom is -0.454 e. The molecule has 0 saturated carbocycles. The van der Waals surface area contributed by atoms with E-state index in [4.69, 9.17) is 9.47 Å². The van der Waals surface area contributed by atoms with Gasteiger partial charge in [-0.1, -0.05) is 37.3 Å². The number of rotatable bonds is 7. The number of carbonyl (C=O) groups excluding carboxylic acids is 1. The predicted molar refractivity (Wildman–Crippen MR) is 123 cm³/mol. The van der Waals surface area contributed by atoms with E-state index < -0.39 is 0 Å². The number of H-pyrrole nitrogens is 1. The maximum Gasteiger partial charge on any atom is 0.231 e. The van der Waals surface area contributed by atoms with Crippen LogP contribution >= 0.6 is 0 Å². The normalized spacial score (nSPS) is 13.3. The fourth-order valence-electron chi connectivity index (χ4n) is 4.32. The molecule has 32 heavy (non-hydrogen) atoms. The van der Waals surface area contributed by atoms with Gasteiger partial charge < -0.3 is 19.8 Å². The molecule has 162 valence electrons. The van der Waals surface area contributed by atoms with E-state index >= 15 is 0 Å². The summed E-state index contributed by atoms with van der Waals surface area (Å²) in [6.45, 7) is 2.83. The van der Waals surface area contributed by atoms with E-state index in [-0.39, 0.29) is 18.6 Å². The molecule has 2 aromatic carbocycles. The number of para-hydroxylation sites is 1. The van der Waals surface area contributed by atoms with Crippen molar-refractivity contribution in [1.82, 2.24) is 15.3 Å². The van der Waals surface area contributed by atoms with Crippen molar-refractivity contribution in [3.63, 3.8) is 0 Å². The number of aromatic nitrogens is 2. The Morgan fingerprint density at radius 2 is 2.06 bits per heavy atom. The number of benzene rings is 2. The second-order valence-corrected chi connectivity index (χ2v) is 7.94. The van der Waals surface area contributed by atoms with Gasteiger partial charge >= 0.3 is 0 Å². The number of aromatic amines is 1. The molecule has 4 aromatic rings. The number of ether oxygens (including phenoxy) is 2. The lowest BCUT2D eigenvalue weighted by atomic mass is 9.87. The van der Waals surface area contributed by atoms with Gasteiger partial charge in [-0.3, -0.25) is 9.78 Å². The average Bonchev–Trinajstić information content (AvgIpc) is 3.48. The molecule has 5 rings (SSSR count). The van der Waals surface area contributed by atoms with Crippen molar-refractivity contribution in [3.8, 4) is 11.5 Å². The Morgan fingerprint density at radius 1 is 1.16 bits per heavy atom. The van der Waals surface area contributed by atoms with Gasteiger partial charge in [-0.05, 0) is 46.9 Å². The molecule has 0 radical (unpaired) electrons. The molecular weight excluding hydrogens is 402 g/mol. The van der Waals surface area contributed by atoms with Crippen molar-refractivity contribution < 1.29 is 14.3 Å². The van der Waals surface area contributed by atoms with Gasteiger partial charge in [0, 0.05) is 48.4 Å². The number of hydrogen-bond acceptors (Lipinski definition) is 4. The van der Waals surface area contributed by atoms with Gasteiger partial charge in [0.15, 0.2) is 11.5 Å². The molecule has 2 N–H and O–H groups in total. The third kappa shape index (κ3) is 3.91. The Balaban J connectivity index is 1.47. The van der Waals surface area contributed by atoms with Crippen molar-refractivity contribution in [3.05, 3.63) is 89.4 Å². The summed E-state index contributed by atoms with van der Waals surface area (Å²) in [6, 6.07) is 16.1. The molecule has 0 saturated heterocycles. The molecule has 1 amide bonds. The van der Waals surface area contributed by atoms with Crippen molar-refractivity contribution in [2.24, 2.45) is 0 Å². The third-order valence-corrected chi connectivity index (χ3v) is 5.99. The van der Waals surface area contributed by atoms with Gasteiger partial charge in [0.05, 0.1) is 0 Å². The summed E-state index contributed by atoms with van der Waals surface area (Å²) >= 11 is 0. The predicted octanol–water partition coefficient (Wildman–Crippen LogP) is 4.69. The van der Waals surface area contributed by atoms with Crippen LogP contribution in [0.5, 0.6) is 11.5 Å². The average molecular weight is 428 g/mol. The first-order valence-electron chi connectivity index (χ1n) is 10.9. The van der Waals surface area contributed by atoms with E-state index in [2.05, 4.69) is 40.4 Å². The first-order valence-corrected chi connectivity index (χ1v) is 10.9. The number of nitrogens with one attached hydrogen (secondary N) is 2. The standard InChI is InChI=1S/C26H25N3O3/c1-2-18-6-3-7-20-22(15-29-26(18)20)21(19-8-9-23-24(11-19)32-16-31-23)12-25(30)28-14-17-5-4-10-27-13-17/h3-11,13,15,21,29H,2,12,14,16H2,1H3,(H,28,30). The smallest absolute Gasteiger partial charge is 0.231 e. The van der Waals surface area contributed by atoms with Gasteiger partial charge in [0.2, 0.25) is 12.7 Å². The number of hydrogen-bond donors (Lipinski definition) is 2. The maximum atomic E-state index is 13.0. The van der Waals surface area contributed by atoms with Crippen molar-refractivity contribution in [1.29, 1.82) is 0 Å². The summed E-state index contributed by atoms with van der Waals surface area (Å²) in [6.07, 6.45) is 6.79. The van der Waals surface area contributed by atoms with Crippen LogP contribution in [0.1, 0.15) is 41.5 Å². The molecule has 6 heteroatoms. The molecule has 1 aliphatic rings. The fourth-order valence-corrected chi connectivity index (χ4v) is 4.32. The molecular formula is C26H25N3O3. The second kappa shape index (κ2) is 8.75. The third-order valence-electron chi connectivity index (χ3n) is 5.99. The van der Waals surface area contributed by atoms with Gasteiger partial charge in [-0.2, -0.15) is 0 Å². The number of carbonyl (C=O) groups is 1. The van der Waals surface area contributed by atoms with E-state index in [1.165, 1.54) is 5.56 Å². The highest BCUT2D eigenvalue weighted by molar-refractivity contribution is 5.88. The summed E-state index contributed by atoms with van der Waals surface area (Å²) in [5.74, 6) is 1.31. The van der Waals surface area contributed by atoms with Crippen LogP contribution < -0.4 is 14.8 Å². The zero-order valence-electron chi connectivity index (χ0n) is 17.9. The highest BCUT2D eigenvalue weighted by Gasteiger charge is 2.24. The van der Waals surface area contributed by atoms with Crippen LogP contribution in [0.25, 0.3) is 10.9 Å². The van der Waals surface area contributed by atoms with Crippen LogP contribution in [0, 0.1) is 0 Å². The van der Waals surface area contributed by atoms with Gasteiger partial charge in [-0.25, -0.2) is 0 Å². The Hall–Kier alpha value is -3.80. The molecule has 1 aliphatic heterocycles. The summed E-state index contributed by atoms with van der Waals surface area (Å²) in [7, 11) is 0. The maximum absolute atomic E-state index is 13.0. The van der Waals surface area contributed by atoms with Gasteiger partial charge in [0.25, 0.3) is 0 Å². The van der Waals surface area contributed by atoms with Gasteiger partial charge in [0.1, 0.15) is 0 Å². The largest absolute Gasteiger partial charge is 0.454 e. The number of nitrogens with zero attached hydrogens (tertiary/aromatic N) is 1. The second-order valence-electron chi connectivity index (χ2n) is 7.94. The molecule has 3 heterocycles. The molecule has 0 fully saturated rings. The van der Waals surface area contributed by atoms with Crippen LogP contribution in [-0.4, -0.2) is 22.7 Å².